The van der Waals surface area contributed by atoms with E-state index in [-0.39, 0.29) is 0 Å². The first kappa shape index (κ1) is 10.1. The Hall–Kier alpha value is -1.48. The number of nitrogens with zero attached hydrogens (tertiary/aromatic N) is 2. The van der Waals surface area contributed by atoms with E-state index in [2.05, 4.69) is 29.3 Å². The van der Waals surface area contributed by atoms with E-state index < -0.39 is 0 Å². The average Bonchev–Trinajstić information content (AvgIpc) is 2.29. The van der Waals surface area contributed by atoms with Crippen LogP contribution in [-0.2, 0) is 6.42 Å². The Balaban J connectivity index is 2.30. The highest BCUT2D eigenvalue weighted by atomic mass is 15.1. The number of benzene rings is 1. The molecule has 0 saturated carbocycles. The Kier molecular flexibility index (Phi) is 2.92. The molecule has 1 aromatic carbocycles. The van der Waals surface area contributed by atoms with Gasteiger partial charge in [-0.25, -0.2) is 0 Å². The van der Waals surface area contributed by atoms with Crippen molar-refractivity contribution in [3.05, 3.63) is 36.0 Å². The molecule has 0 radical (unpaired) electrons. The van der Waals surface area contributed by atoms with Gasteiger partial charge in [-0.3, -0.25) is 0 Å². The van der Waals surface area contributed by atoms with Gasteiger partial charge in [-0.1, -0.05) is 25.1 Å². The molecule has 0 fully saturated rings. The molecule has 0 aliphatic rings. The van der Waals surface area contributed by atoms with E-state index >= 15 is 0 Å². The second-order valence-corrected chi connectivity index (χ2v) is 3.94. The summed E-state index contributed by atoms with van der Waals surface area (Å²) in [6, 6.07) is 10.1. The summed E-state index contributed by atoms with van der Waals surface area (Å²) in [4.78, 5) is 0. The zero-order chi connectivity index (χ0) is 10.7. The van der Waals surface area contributed by atoms with Crippen LogP contribution in [0.3, 0.4) is 0 Å². The van der Waals surface area contributed by atoms with Gasteiger partial charge in [0, 0.05) is 5.39 Å². The lowest BCUT2D eigenvalue weighted by molar-refractivity contribution is 0.580. The highest BCUT2D eigenvalue weighted by Gasteiger charge is 2.04. The van der Waals surface area contributed by atoms with Crippen molar-refractivity contribution in [3.63, 3.8) is 0 Å². The number of fused-ring (bicyclic) bond motifs is 1. The Morgan fingerprint density at radius 1 is 1.27 bits per heavy atom. The maximum absolute atomic E-state index is 5.58. The van der Waals surface area contributed by atoms with E-state index in [0.717, 1.165) is 23.0 Å². The topological polar surface area (TPSA) is 51.8 Å². The molecule has 0 aliphatic carbocycles. The van der Waals surface area contributed by atoms with Gasteiger partial charge in [0.1, 0.15) is 0 Å². The molecule has 2 rings (SSSR count). The van der Waals surface area contributed by atoms with Crippen LogP contribution in [0.4, 0.5) is 0 Å². The maximum Gasteiger partial charge on any atom is 0.0929 e. The first-order valence-electron chi connectivity index (χ1n) is 5.21. The number of hydrogen-bond acceptors (Lipinski definition) is 3. The van der Waals surface area contributed by atoms with Crippen LogP contribution in [0.25, 0.3) is 10.9 Å². The van der Waals surface area contributed by atoms with Crippen LogP contribution in [-0.4, -0.2) is 16.7 Å². The lowest BCUT2D eigenvalue weighted by atomic mass is 10.1. The van der Waals surface area contributed by atoms with Crippen LogP contribution < -0.4 is 5.73 Å². The Labute approximate surface area is 89.3 Å². The average molecular weight is 201 g/mol. The molecule has 2 aromatic rings. The molecule has 1 unspecified atom stereocenters. The minimum absolute atomic E-state index is 0.459. The molecule has 1 heterocycles. The van der Waals surface area contributed by atoms with Gasteiger partial charge in [0.15, 0.2) is 0 Å². The molecule has 0 saturated heterocycles. The molecule has 0 aliphatic heterocycles. The molecule has 2 N–H and O–H groups in total. The lowest BCUT2D eigenvalue weighted by Gasteiger charge is -2.07. The molecule has 1 aromatic heterocycles. The fourth-order valence-corrected chi connectivity index (χ4v) is 1.57. The van der Waals surface area contributed by atoms with E-state index in [1.54, 1.807) is 0 Å². The summed E-state index contributed by atoms with van der Waals surface area (Å²) in [5, 5.41) is 9.51. The van der Waals surface area contributed by atoms with Crippen molar-refractivity contribution in [2.45, 2.75) is 13.3 Å². The lowest BCUT2D eigenvalue weighted by Crippen LogP contribution is -2.14. The number of nitrogens with two attached hydrogens (primary N) is 1. The van der Waals surface area contributed by atoms with E-state index in [9.17, 15) is 0 Å². The van der Waals surface area contributed by atoms with Gasteiger partial charge in [-0.2, -0.15) is 10.2 Å². The zero-order valence-corrected chi connectivity index (χ0v) is 8.85. The minimum atomic E-state index is 0.459. The fourth-order valence-electron chi connectivity index (χ4n) is 1.57. The summed E-state index contributed by atoms with van der Waals surface area (Å²) < 4.78 is 0. The van der Waals surface area contributed by atoms with Crippen LogP contribution >= 0.6 is 0 Å². The Morgan fingerprint density at radius 2 is 2.07 bits per heavy atom. The Bertz CT molecular complexity index is 453. The van der Waals surface area contributed by atoms with Crippen molar-refractivity contribution in [2.75, 3.05) is 6.54 Å². The summed E-state index contributed by atoms with van der Waals surface area (Å²) in [5.74, 6) is 0.459. The molecule has 0 amide bonds. The minimum Gasteiger partial charge on any atom is -0.330 e. The molecule has 15 heavy (non-hydrogen) atoms. The second kappa shape index (κ2) is 4.36. The Morgan fingerprint density at radius 3 is 2.87 bits per heavy atom. The zero-order valence-electron chi connectivity index (χ0n) is 8.85. The largest absolute Gasteiger partial charge is 0.330 e. The van der Waals surface area contributed by atoms with Gasteiger partial charge in [-0.05, 0) is 31.0 Å². The van der Waals surface area contributed by atoms with Crippen LogP contribution in [0.2, 0.25) is 0 Å². The molecular weight excluding hydrogens is 186 g/mol. The third kappa shape index (κ3) is 2.30. The van der Waals surface area contributed by atoms with Crippen molar-refractivity contribution < 1.29 is 0 Å². The summed E-state index contributed by atoms with van der Waals surface area (Å²) in [6.07, 6.45) is 0.897. The van der Waals surface area contributed by atoms with Gasteiger partial charge in [0.05, 0.1) is 11.2 Å². The monoisotopic (exact) mass is 201 g/mol. The molecular formula is C12H15N3. The highest BCUT2D eigenvalue weighted by molar-refractivity contribution is 5.77. The van der Waals surface area contributed by atoms with Gasteiger partial charge < -0.3 is 5.73 Å². The molecule has 3 nitrogen and oxygen atoms in total. The van der Waals surface area contributed by atoms with Crippen LogP contribution in [0.5, 0.6) is 0 Å². The highest BCUT2D eigenvalue weighted by Crippen LogP contribution is 2.12. The van der Waals surface area contributed by atoms with E-state index in [1.807, 2.05) is 18.2 Å². The molecule has 0 bridgehead atoms. The normalized spacial score (nSPS) is 12.9. The van der Waals surface area contributed by atoms with E-state index in [4.69, 9.17) is 5.73 Å². The van der Waals surface area contributed by atoms with Crippen LogP contribution in [0, 0.1) is 5.92 Å². The van der Waals surface area contributed by atoms with E-state index in [0.29, 0.717) is 12.5 Å². The first-order valence-corrected chi connectivity index (χ1v) is 5.21. The van der Waals surface area contributed by atoms with Gasteiger partial charge in [-0.15, -0.1) is 0 Å². The van der Waals surface area contributed by atoms with Crippen molar-refractivity contribution in [1.29, 1.82) is 0 Å². The third-order valence-corrected chi connectivity index (χ3v) is 2.51. The second-order valence-electron chi connectivity index (χ2n) is 3.94. The number of aromatic nitrogens is 2. The van der Waals surface area contributed by atoms with Gasteiger partial charge >= 0.3 is 0 Å². The summed E-state index contributed by atoms with van der Waals surface area (Å²) in [5.41, 5.74) is 7.55. The first-order chi connectivity index (χ1) is 7.29. The predicted octanol–water partition coefficient (Wildman–Crippen LogP) is 1.77. The maximum atomic E-state index is 5.58. The summed E-state index contributed by atoms with van der Waals surface area (Å²) >= 11 is 0. The molecule has 78 valence electrons. The van der Waals surface area contributed by atoms with Crippen molar-refractivity contribution in [1.82, 2.24) is 10.2 Å². The fraction of sp³-hybridized carbons (Fsp3) is 0.333. The van der Waals surface area contributed by atoms with Crippen molar-refractivity contribution >= 4 is 10.9 Å². The molecule has 0 spiro atoms. The summed E-state index contributed by atoms with van der Waals surface area (Å²) in [7, 11) is 0. The SMILES string of the molecule is CC(CN)Cc1cc2ccccc2nn1. The van der Waals surface area contributed by atoms with Crippen LogP contribution in [0.1, 0.15) is 12.6 Å². The van der Waals surface area contributed by atoms with E-state index in [1.165, 1.54) is 0 Å². The summed E-state index contributed by atoms with van der Waals surface area (Å²) in [6.45, 7) is 2.81. The smallest absolute Gasteiger partial charge is 0.0929 e. The quantitative estimate of drug-likeness (QED) is 0.823. The van der Waals surface area contributed by atoms with Gasteiger partial charge in [0.2, 0.25) is 0 Å². The molecule has 3 heteroatoms. The number of rotatable bonds is 3. The van der Waals surface area contributed by atoms with Crippen molar-refractivity contribution in [3.8, 4) is 0 Å². The number of hydrogen-bond donors (Lipinski definition) is 1. The third-order valence-electron chi connectivity index (χ3n) is 2.51. The predicted molar refractivity (Wildman–Crippen MR) is 61.5 cm³/mol. The standard InChI is InChI=1S/C12H15N3/c1-9(8-13)6-11-7-10-4-2-3-5-12(10)15-14-11/h2-5,7,9H,6,8,13H2,1H3. The van der Waals surface area contributed by atoms with Crippen LogP contribution in [0.15, 0.2) is 30.3 Å². The van der Waals surface area contributed by atoms with Crippen molar-refractivity contribution in [2.24, 2.45) is 11.7 Å². The molecule has 1 atom stereocenters. The van der Waals surface area contributed by atoms with Gasteiger partial charge in [0.25, 0.3) is 0 Å².